The SMILES string of the molecule is Cc1ccc(C(=O)NC2=Nc3cccc4cccc(c34)N2)cc1. The van der Waals surface area contributed by atoms with E-state index in [2.05, 4.69) is 27.8 Å². The van der Waals surface area contributed by atoms with Crippen LogP contribution in [-0.2, 0) is 0 Å². The molecular formula is C19H15N3O. The van der Waals surface area contributed by atoms with E-state index in [0.717, 1.165) is 27.7 Å². The molecule has 0 saturated carbocycles. The van der Waals surface area contributed by atoms with Crippen LogP contribution in [0.4, 0.5) is 11.4 Å². The standard InChI is InChI=1S/C19H15N3O/c1-12-8-10-14(11-9-12)18(23)22-19-20-15-6-2-4-13-5-3-7-16(21-19)17(13)15/h2-11H,1H3,(H2,20,21,22,23). The summed E-state index contributed by atoms with van der Waals surface area (Å²) in [6, 6.07) is 19.4. The summed E-state index contributed by atoms with van der Waals surface area (Å²) in [7, 11) is 0. The van der Waals surface area contributed by atoms with Crippen molar-refractivity contribution in [2.24, 2.45) is 4.99 Å². The molecule has 3 aromatic carbocycles. The normalized spacial score (nSPS) is 12.5. The molecule has 1 heterocycles. The highest BCUT2D eigenvalue weighted by molar-refractivity contribution is 6.17. The Morgan fingerprint density at radius 3 is 2.52 bits per heavy atom. The van der Waals surface area contributed by atoms with Crippen LogP contribution in [0.15, 0.2) is 65.7 Å². The number of rotatable bonds is 1. The largest absolute Gasteiger partial charge is 0.325 e. The predicted molar refractivity (Wildman–Crippen MR) is 93.3 cm³/mol. The van der Waals surface area contributed by atoms with Crippen molar-refractivity contribution in [2.75, 3.05) is 5.32 Å². The predicted octanol–water partition coefficient (Wildman–Crippen LogP) is 3.99. The monoisotopic (exact) mass is 301 g/mol. The number of nitrogens with zero attached hydrogens (tertiary/aromatic N) is 1. The van der Waals surface area contributed by atoms with Crippen molar-refractivity contribution in [1.29, 1.82) is 0 Å². The second-order valence-corrected chi connectivity index (χ2v) is 5.59. The molecule has 23 heavy (non-hydrogen) atoms. The number of benzene rings is 3. The molecule has 0 aliphatic carbocycles. The van der Waals surface area contributed by atoms with Gasteiger partial charge in [0.2, 0.25) is 5.96 Å². The highest BCUT2D eigenvalue weighted by Crippen LogP contribution is 2.35. The molecule has 1 aliphatic heterocycles. The second kappa shape index (κ2) is 5.25. The van der Waals surface area contributed by atoms with E-state index < -0.39 is 0 Å². The van der Waals surface area contributed by atoms with Gasteiger partial charge in [-0.15, -0.1) is 0 Å². The van der Waals surface area contributed by atoms with Crippen molar-refractivity contribution in [3.05, 3.63) is 71.8 Å². The average Bonchev–Trinajstić information content (AvgIpc) is 2.56. The Kier molecular flexibility index (Phi) is 3.08. The van der Waals surface area contributed by atoms with Crippen LogP contribution in [0.25, 0.3) is 10.8 Å². The van der Waals surface area contributed by atoms with Gasteiger partial charge in [-0.2, -0.15) is 0 Å². The molecule has 0 unspecified atom stereocenters. The van der Waals surface area contributed by atoms with E-state index in [1.165, 1.54) is 0 Å². The van der Waals surface area contributed by atoms with Crippen LogP contribution in [0.3, 0.4) is 0 Å². The molecule has 0 saturated heterocycles. The van der Waals surface area contributed by atoms with Gasteiger partial charge >= 0.3 is 0 Å². The lowest BCUT2D eigenvalue weighted by molar-refractivity contribution is 0.0977. The number of hydrogen-bond donors (Lipinski definition) is 2. The maximum atomic E-state index is 12.3. The van der Waals surface area contributed by atoms with Crippen LogP contribution >= 0.6 is 0 Å². The summed E-state index contributed by atoms with van der Waals surface area (Å²) < 4.78 is 0. The van der Waals surface area contributed by atoms with E-state index in [9.17, 15) is 4.79 Å². The van der Waals surface area contributed by atoms with Crippen LogP contribution < -0.4 is 10.6 Å². The molecule has 0 radical (unpaired) electrons. The lowest BCUT2D eigenvalue weighted by atomic mass is 10.1. The molecule has 4 heteroatoms. The van der Waals surface area contributed by atoms with Gasteiger partial charge in [0.15, 0.2) is 0 Å². The van der Waals surface area contributed by atoms with Gasteiger partial charge in [-0.3, -0.25) is 10.1 Å². The van der Waals surface area contributed by atoms with Crippen molar-refractivity contribution in [1.82, 2.24) is 5.32 Å². The van der Waals surface area contributed by atoms with Crippen LogP contribution in [-0.4, -0.2) is 11.9 Å². The van der Waals surface area contributed by atoms with Gasteiger partial charge in [-0.25, -0.2) is 4.99 Å². The molecule has 3 aromatic rings. The first-order chi connectivity index (χ1) is 11.2. The van der Waals surface area contributed by atoms with Gasteiger partial charge in [0.05, 0.1) is 11.4 Å². The van der Waals surface area contributed by atoms with Crippen LogP contribution in [0.5, 0.6) is 0 Å². The maximum absolute atomic E-state index is 12.3. The zero-order valence-corrected chi connectivity index (χ0v) is 12.6. The Morgan fingerprint density at radius 1 is 1.00 bits per heavy atom. The average molecular weight is 301 g/mol. The number of nitrogens with one attached hydrogen (secondary N) is 2. The lowest BCUT2D eigenvalue weighted by Crippen LogP contribution is -2.36. The number of anilines is 1. The second-order valence-electron chi connectivity index (χ2n) is 5.59. The number of aryl methyl sites for hydroxylation is 1. The summed E-state index contributed by atoms with van der Waals surface area (Å²) in [5.74, 6) is 0.268. The Hall–Kier alpha value is -3.14. The quantitative estimate of drug-likeness (QED) is 0.714. The molecule has 112 valence electrons. The number of carbonyl (C=O) groups is 1. The van der Waals surface area contributed by atoms with Crippen molar-refractivity contribution >= 4 is 34.0 Å². The van der Waals surface area contributed by atoms with Crippen molar-refractivity contribution in [2.45, 2.75) is 6.92 Å². The van der Waals surface area contributed by atoms with Gasteiger partial charge in [0.25, 0.3) is 5.91 Å². The highest BCUT2D eigenvalue weighted by Gasteiger charge is 2.16. The fourth-order valence-electron chi connectivity index (χ4n) is 2.74. The van der Waals surface area contributed by atoms with E-state index in [1.54, 1.807) is 0 Å². The Labute approximate surface area is 133 Å². The number of aliphatic imine (C=N–C) groups is 1. The van der Waals surface area contributed by atoms with E-state index in [1.807, 2.05) is 55.5 Å². The summed E-state index contributed by atoms with van der Waals surface area (Å²) in [6.45, 7) is 1.99. The fourth-order valence-corrected chi connectivity index (χ4v) is 2.74. The third-order valence-corrected chi connectivity index (χ3v) is 3.91. The van der Waals surface area contributed by atoms with Crippen molar-refractivity contribution in [3.63, 3.8) is 0 Å². The topological polar surface area (TPSA) is 53.5 Å². The number of amides is 1. The maximum Gasteiger partial charge on any atom is 0.257 e. The zero-order chi connectivity index (χ0) is 15.8. The number of guanidine groups is 1. The zero-order valence-electron chi connectivity index (χ0n) is 12.6. The molecule has 2 N–H and O–H groups in total. The van der Waals surface area contributed by atoms with E-state index in [0.29, 0.717) is 11.5 Å². The summed E-state index contributed by atoms with van der Waals surface area (Å²) in [5.41, 5.74) is 3.54. The third kappa shape index (κ3) is 2.44. The fraction of sp³-hybridized carbons (Fsp3) is 0.0526. The molecule has 0 spiro atoms. The molecule has 0 aromatic heterocycles. The minimum absolute atomic E-state index is 0.178. The molecule has 4 rings (SSSR count). The molecular weight excluding hydrogens is 286 g/mol. The summed E-state index contributed by atoms with van der Waals surface area (Å²) in [5, 5.41) is 8.23. The minimum Gasteiger partial charge on any atom is -0.325 e. The first-order valence-corrected chi connectivity index (χ1v) is 7.46. The van der Waals surface area contributed by atoms with Gasteiger partial charge < -0.3 is 5.32 Å². The first-order valence-electron chi connectivity index (χ1n) is 7.46. The van der Waals surface area contributed by atoms with E-state index in [4.69, 9.17) is 0 Å². The molecule has 0 fully saturated rings. The third-order valence-electron chi connectivity index (χ3n) is 3.91. The minimum atomic E-state index is -0.178. The molecule has 0 atom stereocenters. The number of carbonyl (C=O) groups excluding carboxylic acids is 1. The summed E-state index contributed by atoms with van der Waals surface area (Å²) in [4.78, 5) is 16.9. The van der Waals surface area contributed by atoms with Crippen molar-refractivity contribution < 1.29 is 4.79 Å². The van der Waals surface area contributed by atoms with Crippen LogP contribution in [0.1, 0.15) is 15.9 Å². The number of hydrogen-bond acceptors (Lipinski definition) is 3. The van der Waals surface area contributed by atoms with Gasteiger partial charge in [-0.1, -0.05) is 42.0 Å². The summed E-state index contributed by atoms with van der Waals surface area (Å²) >= 11 is 0. The molecule has 4 nitrogen and oxygen atoms in total. The van der Waals surface area contributed by atoms with E-state index >= 15 is 0 Å². The Morgan fingerprint density at radius 2 is 1.74 bits per heavy atom. The van der Waals surface area contributed by atoms with Crippen LogP contribution in [0, 0.1) is 6.92 Å². The van der Waals surface area contributed by atoms with Gasteiger partial charge in [-0.05, 0) is 36.6 Å². The molecule has 1 amide bonds. The van der Waals surface area contributed by atoms with Gasteiger partial charge in [0, 0.05) is 10.9 Å². The highest BCUT2D eigenvalue weighted by atomic mass is 16.1. The molecule has 0 bridgehead atoms. The van der Waals surface area contributed by atoms with Gasteiger partial charge in [0.1, 0.15) is 0 Å². The van der Waals surface area contributed by atoms with Crippen LogP contribution in [0.2, 0.25) is 0 Å². The van der Waals surface area contributed by atoms with Crippen molar-refractivity contribution in [3.8, 4) is 0 Å². The first kappa shape index (κ1) is 13.5. The Balaban J connectivity index is 1.66. The van der Waals surface area contributed by atoms with E-state index in [-0.39, 0.29) is 5.91 Å². The smallest absolute Gasteiger partial charge is 0.257 e. The Bertz CT molecular complexity index is 937. The molecule has 1 aliphatic rings. The summed E-state index contributed by atoms with van der Waals surface area (Å²) in [6.07, 6.45) is 0. The lowest BCUT2D eigenvalue weighted by Gasteiger charge is -2.19.